The molecule has 4 rings (SSSR count). The number of aliphatic hydroxyl groups excluding tert-OH is 1. The number of aliphatic hydroxyl groups is 2. The molecule has 126 valence electrons. The minimum Gasteiger partial charge on any atom is -0.396 e. The molecular formula is C20H34O2. The highest BCUT2D eigenvalue weighted by atomic mass is 16.3. The van der Waals surface area contributed by atoms with Crippen LogP contribution in [0.5, 0.6) is 0 Å². The van der Waals surface area contributed by atoms with Crippen molar-refractivity contribution in [1.82, 2.24) is 0 Å². The Morgan fingerprint density at radius 2 is 1.73 bits per heavy atom. The smallest absolute Gasteiger partial charge is 0.0653 e. The molecule has 0 aromatic rings. The maximum Gasteiger partial charge on any atom is 0.0653 e. The second kappa shape index (κ2) is 4.51. The first-order valence-corrected chi connectivity index (χ1v) is 9.59. The predicted molar refractivity (Wildman–Crippen MR) is 88.4 cm³/mol. The molecule has 4 saturated carbocycles. The van der Waals surface area contributed by atoms with E-state index in [1.54, 1.807) is 0 Å². The molecule has 22 heavy (non-hydrogen) atoms. The molecule has 4 aliphatic carbocycles. The van der Waals surface area contributed by atoms with Crippen molar-refractivity contribution in [3.63, 3.8) is 0 Å². The van der Waals surface area contributed by atoms with Crippen LogP contribution >= 0.6 is 0 Å². The summed E-state index contributed by atoms with van der Waals surface area (Å²) in [6.07, 6.45) is 11.0. The highest BCUT2D eigenvalue weighted by molar-refractivity contribution is 5.16. The van der Waals surface area contributed by atoms with Gasteiger partial charge in [0.1, 0.15) is 0 Å². The van der Waals surface area contributed by atoms with Crippen LogP contribution in [0.3, 0.4) is 0 Å². The maximum absolute atomic E-state index is 10.9. The Balaban J connectivity index is 1.76. The van der Waals surface area contributed by atoms with Crippen LogP contribution in [-0.4, -0.2) is 22.4 Å². The highest BCUT2D eigenvalue weighted by Gasteiger charge is 2.67. The fourth-order valence-electron chi connectivity index (χ4n) is 8.08. The minimum atomic E-state index is -0.456. The molecule has 4 aliphatic rings. The molecular weight excluding hydrogens is 272 g/mol. The van der Waals surface area contributed by atoms with Gasteiger partial charge in [-0.1, -0.05) is 20.3 Å². The number of rotatable bonds is 1. The average Bonchev–Trinajstić information content (AvgIpc) is 2.63. The first-order chi connectivity index (χ1) is 10.3. The second-order valence-corrected chi connectivity index (χ2v) is 10.3. The molecule has 0 saturated heterocycles. The highest BCUT2D eigenvalue weighted by Crippen LogP contribution is 2.72. The third-order valence-corrected chi connectivity index (χ3v) is 8.81. The van der Waals surface area contributed by atoms with Crippen LogP contribution in [0.2, 0.25) is 0 Å². The van der Waals surface area contributed by atoms with Gasteiger partial charge in [0.2, 0.25) is 0 Å². The van der Waals surface area contributed by atoms with Crippen LogP contribution in [0.15, 0.2) is 0 Å². The fraction of sp³-hybridized carbons (Fsp3) is 1.00. The van der Waals surface area contributed by atoms with Gasteiger partial charge in [0.15, 0.2) is 0 Å². The summed E-state index contributed by atoms with van der Waals surface area (Å²) < 4.78 is 0. The van der Waals surface area contributed by atoms with Crippen molar-refractivity contribution in [1.29, 1.82) is 0 Å². The monoisotopic (exact) mass is 306 g/mol. The Morgan fingerprint density at radius 3 is 2.45 bits per heavy atom. The van der Waals surface area contributed by atoms with Gasteiger partial charge in [-0.3, -0.25) is 0 Å². The van der Waals surface area contributed by atoms with E-state index in [9.17, 15) is 10.2 Å². The zero-order valence-corrected chi connectivity index (χ0v) is 14.7. The lowest BCUT2D eigenvalue weighted by Gasteiger charge is -2.64. The third-order valence-electron chi connectivity index (χ3n) is 8.81. The van der Waals surface area contributed by atoms with Crippen LogP contribution in [0, 0.1) is 34.0 Å². The van der Waals surface area contributed by atoms with Gasteiger partial charge in [0.05, 0.1) is 5.60 Å². The van der Waals surface area contributed by atoms with Crippen molar-refractivity contribution in [2.75, 3.05) is 6.61 Å². The number of hydrogen-bond acceptors (Lipinski definition) is 2. The van der Waals surface area contributed by atoms with Gasteiger partial charge in [-0.2, -0.15) is 0 Å². The molecule has 0 aliphatic heterocycles. The van der Waals surface area contributed by atoms with Crippen LogP contribution in [0.4, 0.5) is 0 Å². The average molecular weight is 306 g/mol. The topological polar surface area (TPSA) is 40.5 Å². The summed E-state index contributed by atoms with van der Waals surface area (Å²) in [5.41, 5.74) is 0.396. The SMILES string of the molecule is CC1(C)CCC[C@]2(CO)[C@@H]1CC[C@@]13C[C@@H](CC[C@H]12)[C@](C)(O)C3. The number of fused-ring (bicyclic) bond motifs is 3. The van der Waals surface area contributed by atoms with Gasteiger partial charge in [0.25, 0.3) is 0 Å². The van der Waals surface area contributed by atoms with E-state index in [1.165, 1.54) is 51.4 Å². The Labute approximate surface area is 135 Å². The molecule has 2 nitrogen and oxygen atoms in total. The van der Waals surface area contributed by atoms with Crippen LogP contribution < -0.4 is 0 Å². The van der Waals surface area contributed by atoms with Crippen molar-refractivity contribution in [2.45, 2.75) is 84.2 Å². The van der Waals surface area contributed by atoms with Crippen molar-refractivity contribution in [3.05, 3.63) is 0 Å². The van der Waals surface area contributed by atoms with Gasteiger partial charge in [0, 0.05) is 12.0 Å². The predicted octanol–water partition coefficient (Wildman–Crippen LogP) is 4.14. The third kappa shape index (κ3) is 1.80. The number of hydrogen-bond donors (Lipinski definition) is 2. The van der Waals surface area contributed by atoms with Crippen LogP contribution in [0.1, 0.15) is 78.6 Å². The van der Waals surface area contributed by atoms with Gasteiger partial charge in [-0.15, -0.1) is 0 Å². The zero-order chi connectivity index (χ0) is 15.8. The minimum absolute atomic E-state index is 0.144. The molecule has 4 fully saturated rings. The Morgan fingerprint density at radius 1 is 0.955 bits per heavy atom. The van der Waals surface area contributed by atoms with E-state index < -0.39 is 5.60 Å². The summed E-state index contributed by atoms with van der Waals surface area (Å²) in [5.74, 6) is 1.83. The van der Waals surface area contributed by atoms with Gasteiger partial charge in [-0.25, -0.2) is 0 Å². The van der Waals surface area contributed by atoms with E-state index in [1.807, 2.05) is 0 Å². The van der Waals surface area contributed by atoms with E-state index in [-0.39, 0.29) is 5.41 Å². The molecule has 0 aromatic heterocycles. The quantitative estimate of drug-likeness (QED) is 0.764. The lowest BCUT2D eigenvalue weighted by Crippen LogP contribution is -2.58. The summed E-state index contributed by atoms with van der Waals surface area (Å²) in [6.45, 7) is 7.34. The van der Waals surface area contributed by atoms with Gasteiger partial charge < -0.3 is 10.2 Å². The maximum atomic E-state index is 10.9. The summed E-state index contributed by atoms with van der Waals surface area (Å²) in [7, 11) is 0. The van der Waals surface area contributed by atoms with Crippen molar-refractivity contribution < 1.29 is 10.2 Å². The summed E-state index contributed by atoms with van der Waals surface area (Å²) >= 11 is 0. The Kier molecular flexibility index (Phi) is 3.16. The van der Waals surface area contributed by atoms with Crippen molar-refractivity contribution in [2.24, 2.45) is 34.0 Å². The molecule has 6 atom stereocenters. The largest absolute Gasteiger partial charge is 0.396 e. The normalized spacial score (nSPS) is 56.3. The lowest BCUT2D eigenvalue weighted by atomic mass is 9.41. The fourth-order valence-corrected chi connectivity index (χ4v) is 8.08. The standard InChI is InChI=1S/C20H34O2/c1-17(2)8-4-9-20(13-21)15(17)7-10-19-11-14(5-6-16(19)20)18(3,22)12-19/h14-16,21-22H,4-13H2,1-3H3/t14-,15-,16-,18-,19+,20+/m1/s1. The first kappa shape index (κ1) is 15.4. The molecule has 0 radical (unpaired) electrons. The molecule has 0 unspecified atom stereocenters. The van der Waals surface area contributed by atoms with Crippen molar-refractivity contribution in [3.8, 4) is 0 Å². The van der Waals surface area contributed by atoms with E-state index in [2.05, 4.69) is 20.8 Å². The molecule has 2 heteroatoms. The molecule has 1 spiro atoms. The molecule has 0 aromatic carbocycles. The van der Waals surface area contributed by atoms with Crippen LogP contribution in [0.25, 0.3) is 0 Å². The van der Waals surface area contributed by atoms with E-state index in [4.69, 9.17) is 0 Å². The first-order valence-electron chi connectivity index (χ1n) is 9.59. The molecule has 2 N–H and O–H groups in total. The van der Waals surface area contributed by atoms with E-state index in [0.29, 0.717) is 35.2 Å². The summed E-state index contributed by atoms with van der Waals surface area (Å²) in [6, 6.07) is 0. The van der Waals surface area contributed by atoms with E-state index in [0.717, 1.165) is 6.42 Å². The molecule has 2 bridgehead atoms. The molecule has 0 heterocycles. The molecule has 0 amide bonds. The lowest BCUT2D eigenvalue weighted by molar-refractivity contribution is -0.174. The van der Waals surface area contributed by atoms with Crippen LogP contribution in [-0.2, 0) is 0 Å². The summed E-state index contributed by atoms with van der Waals surface area (Å²) in [4.78, 5) is 0. The Hall–Kier alpha value is -0.0800. The van der Waals surface area contributed by atoms with Crippen molar-refractivity contribution >= 4 is 0 Å². The Bertz CT molecular complexity index is 468. The van der Waals surface area contributed by atoms with Gasteiger partial charge in [-0.05, 0) is 86.9 Å². The van der Waals surface area contributed by atoms with Gasteiger partial charge >= 0.3 is 0 Å². The summed E-state index contributed by atoms with van der Waals surface area (Å²) in [5, 5.41) is 21.4. The van der Waals surface area contributed by atoms with E-state index >= 15 is 0 Å². The second-order valence-electron chi connectivity index (χ2n) is 10.3. The zero-order valence-electron chi connectivity index (χ0n) is 14.7.